The molecule has 1 aromatic rings. The lowest BCUT2D eigenvalue weighted by atomic mass is 10.1. The SMILES string of the molecule is O=C(Nc1cc(Cl)cc(C(=O)O)c1)NC1CCCNC1=O. The van der Waals surface area contributed by atoms with E-state index in [9.17, 15) is 14.4 Å². The third kappa shape index (κ3) is 4.09. The van der Waals surface area contributed by atoms with Crippen molar-refractivity contribution < 1.29 is 19.5 Å². The molecule has 1 fully saturated rings. The molecule has 4 N–H and O–H groups in total. The van der Waals surface area contributed by atoms with Gasteiger partial charge in [0.1, 0.15) is 6.04 Å². The molecule has 0 saturated carbocycles. The van der Waals surface area contributed by atoms with Gasteiger partial charge in [-0.15, -0.1) is 0 Å². The molecule has 1 atom stereocenters. The van der Waals surface area contributed by atoms with Crippen LogP contribution in [-0.4, -0.2) is 35.6 Å². The average Bonchev–Trinajstić information content (AvgIpc) is 2.40. The first kappa shape index (κ1) is 15.1. The van der Waals surface area contributed by atoms with Gasteiger partial charge in [-0.2, -0.15) is 0 Å². The number of hydrogen-bond donors (Lipinski definition) is 4. The topological polar surface area (TPSA) is 108 Å². The molecule has 21 heavy (non-hydrogen) atoms. The molecular formula is C13H14ClN3O4. The van der Waals surface area contributed by atoms with E-state index in [0.29, 0.717) is 13.0 Å². The van der Waals surface area contributed by atoms with Crippen LogP contribution < -0.4 is 16.0 Å². The quantitative estimate of drug-likeness (QED) is 0.677. The molecule has 0 bridgehead atoms. The molecular weight excluding hydrogens is 298 g/mol. The van der Waals surface area contributed by atoms with E-state index >= 15 is 0 Å². The number of carbonyl (C=O) groups is 3. The zero-order chi connectivity index (χ0) is 15.4. The Morgan fingerprint density at radius 1 is 1.33 bits per heavy atom. The summed E-state index contributed by atoms with van der Waals surface area (Å²) >= 11 is 5.79. The number of piperidine rings is 1. The highest BCUT2D eigenvalue weighted by Crippen LogP contribution is 2.19. The van der Waals surface area contributed by atoms with Gasteiger partial charge in [0.15, 0.2) is 0 Å². The number of nitrogens with one attached hydrogen (secondary N) is 3. The summed E-state index contributed by atoms with van der Waals surface area (Å²) in [5, 5.41) is 16.8. The van der Waals surface area contributed by atoms with Gasteiger partial charge in [0.05, 0.1) is 5.56 Å². The van der Waals surface area contributed by atoms with Gasteiger partial charge in [0.25, 0.3) is 0 Å². The summed E-state index contributed by atoms with van der Waals surface area (Å²) in [5.41, 5.74) is 0.210. The Morgan fingerprint density at radius 2 is 2.10 bits per heavy atom. The van der Waals surface area contributed by atoms with E-state index in [4.69, 9.17) is 16.7 Å². The Labute approximate surface area is 125 Å². The van der Waals surface area contributed by atoms with Crippen LogP contribution in [0.2, 0.25) is 5.02 Å². The molecule has 1 aromatic carbocycles. The first-order valence-corrected chi connectivity index (χ1v) is 6.72. The first-order chi connectivity index (χ1) is 9.95. The largest absolute Gasteiger partial charge is 0.478 e. The molecule has 2 rings (SSSR count). The van der Waals surface area contributed by atoms with E-state index in [-0.39, 0.29) is 22.2 Å². The minimum absolute atomic E-state index is 0.0341. The van der Waals surface area contributed by atoms with Crippen molar-refractivity contribution in [2.24, 2.45) is 0 Å². The van der Waals surface area contributed by atoms with E-state index in [1.54, 1.807) is 0 Å². The molecule has 0 aliphatic carbocycles. The molecule has 1 heterocycles. The van der Waals surface area contributed by atoms with Gasteiger partial charge in [0, 0.05) is 17.3 Å². The number of carbonyl (C=O) groups excluding carboxylic acids is 2. The van der Waals surface area contributed by atoms with Gasteiger partial charge in [0.2, 0.25) is 5.91 Å². The van der Waals surface area contributed by atoms with Crippen LogP contribution >= 0.6 is 11.6 Å². The van der Waals surface area contributed by atoms with E-state index in [1.807, 2.05) is 0 Å². The lowest BCUT2D eigenvalue weighted by Gasteiger charge is -2.22. The van der Waals surface area contributed by atoms with Crippen molar-refractivity contribution in [1.82, 2.24) is 10.6 Å². The van der Waals surface area contributed by atoms with Gasteiger partial charge in [-0.3, -0.25) is 4.79 Å². The third-order valence-electron chi connectivity index (χ3n) is 2.99. The van der Waals surface area contributed by atoms with Crippen molar-refractivity contribution in [3.8, 4) is 0 Å². The Balaban J connectivity index is 2.02. The molecule has 1 unspecified atom stereocenters. The van der Waals surface area contributed by atoms with E-state index < -0.39 is 18.0 Å². The van der Waals surface area contributed by atoms with Gasteiger partial charge < -0.3 is 21.1 Å². The summed E-state index contributed by atoms with van der Waals surface area (Å²) in [7, 11) is 0. The summed E-state index contributed by atoms with van der Waals surface area (Å²) in [4.78, 5) is 34.3. The summed E-state index contributed by atoms with van der Waals surface area (Å²) in [5.74, 6) is -1.37. The van der Waals surface area contributed by atoms with Crippen molar-refractivity contribution in [2.45, 2.75) is 18.9 Å². The normalized spacial score (nSPS) is 17.8. The summed E-state index contributed by atoms with van der Waals surface area (Å²) in [6.45, 7) is 0.606. The van der Waals surface area contributed by atoms with E-state index in [2.05, 4.69) is 16.0 Å². The minimum atomic E-state index is -1.15. The predicted octanol–water partition coefficient (Wildman–Crippen LogP) is 1.44. The summed E-state index contributed by atoms with van der Waals surface area (Å²) < 4.78 is 0. The predicted molar refractivity (Wildman–Crippen MR) is 76.6 cm³/mol. The molecule has 0 spiro atoms. The fraction of sp³-hybridized carbons (Fsp3) is 0.308. The highest BCUT2D eigenvalue weighted by atomic mass is 35.5. The zero-order valence-corrected chi connectivity index (χ0v) is 11.7. The lowest BCUT2D eigenvalue weighted by molar-refractivity contribution is -0.124. The Kier molecular flexibility index (Phi) is 4.64. The average molecular weight is 312 g/mol. The maximum atomic E-state index is 11.8. The molecule has 0 radical (unpaired) electrons. The fourth-order valence-corrected chi connectivity index (χ4v) is 2.26. The smallest absolute Gasteiger partial charge is 0.335 e. The summed E-state index contributed by atoms with van der Waals surface area (Å²) in [6, 6.07) is 2.82. The number of rotatable bonds is 3. The Hall–Kier alpha value is -2.28. The number of aromatic carboxylic acids is 1. The maximum Gasteiger partial charge on any atom is 0.335 e. The number of carboxylic acid groups (broad SMARTS) is 1. The molecule has 1 aliphatic rings. The van der Waals surface area contributed by atoms with Crippen molar-refractivity contribution >= 4 is 35.2 Å². The van der Waals surface area contributed by atoms with Crippen molar-refractivity contribution in [2.75, 3.05) is 11.9 Å². The van der Waals surface area contributed by atoms with E-state index in [0.717, 1.165) is 6.42 Å². The van der Waals surface area contributed by atoms with Crippen molar-refractivity contribution in [3.63, 3.8) is 0 Å². The van der Waals surface area contributed by atoms with Crippen LogP contribution in [0.1, 0.15) is 23.2 Å². The highest BCUT2D eigenvalue weighted by Gasteiger charge is 2.23. The van der Waals surface area contributed by atoms with Crippen LogP contribution in [0, 0.1) is 0 Å². The Morgan fingerprint density at radius 3 is 2.76 bits per heavy atom. The standard InChI is InChI=1S/C13H14ClN3O4/c14-8-4-7(12(19)20)5-9(6-8)16-13(21)17-10-2-1-3-15-11(10)18/h4-6,10H,1-3H2,(H,15,18)(H,19,20)(H2,16,17,21). The molecule has 1 saturated heterocycles. The second-order valence-electron chi connectivity index (χ2n) is 4.62. The number of hydrogen-bond acceptors (Lipinski definition) is 3. The number of amides is 3. The van der Waals surface area contributed by atoms with E-state index in [1.165, 1.54) is 18.2 Å². The number of halogens is 1. The van der Waals surface area contributed by atoms with Crippen LogP contribution in [0.25, 0.3) is 0 Å². The van der Waals surface area contributed by atoms with Gasteiger partial charge in [-0.25, -0.2) is 9.59 Å². The second kappa shape index (κ2) is 6.45. The van der Waals surface area contributed by atoms with Crippen LogP contribution in [-0.2, 0) is 4.79 Å². The van der Waals surface area contributed by atoms with Crippen molar-refractivity contribution in [3.05, 3.63) is 28.8 Å². The van der Waals surface area contributed by atoms with Crippen molar-refractivity contribution in [1.29, 1.82) is 0 Å². The lowest BCUT2D eigenvalue weighted by Crippen LogP contribution is -2.51. The van der Waals surface area contributed by atoms with Crippen LogP contribution in [0.3, 0.4) is 0 Å². The van der Waals surface area contributed by atoms with Crippen LogP contribution in [0.4, 0.5) is 10.5 Å². The molecule has 8 heteroatoms. The first-order valence-electron chi connectivity index (χ1n) is 6.35. The van der Waals surface area contributed by atoms with Gasteiger partial charge >= 0.3 is 12.0 Å². The minimum Gasteiger partial charge on any atom is -0.478 e. The monoisotopic (exact) mass is 311 g/mol. The van der Waals surface area contributed by atoms with Gasteiger partial charge in [-0.05, 0) is 31.0 Å². The second-order valence-corrected chi connectivity index (χ2v) is 5.05. The summed E-state index contributed by atoms with van der Waals surface area (Å²) in [6.07, 6.45) is 1.35. The van der Waals surface area contributed by atoms with Gasteiger partial charge in [-0.1, -0.05) is 11.6 Å². The number of anilines is 1. The number of urea groups is 1. The maximum absolute atomic E-state index is 11.8. The fourth-order valence-electron chi connectivity index (χ4n) is 2.02. The molecule has 7 nitrogen and oxygen atoms in total. The third-order valence-corrected chi connectivity index (χ3v) is 3.21. The van der Waals surface area contributed by atoms with Crippen LogP contribution in [0.15, 0.2) is 18.2 Å². The molecule has 1 aliphatic heterocycles. The highest BCUT2D eigenvalue weighted by molar-refractivity contribution is 6.31. The number of carboxylic acids is 1. The Bertz CT molecular complexity index is 591. The zero-order valence-electron chi connectivity index (χ0n) is 11.0. The van der Waals surface area contributed by atoms with Crippen LogP contribution in [0.5, 0.6) is 0 Å². The number of benzene rings is 1. The molecule has 112 valence electrons. The molecule has 3 amide bonds. The molecule has 0 aromatic heterocycles.